The predicted octanol–water partition coefficient (Wildman–Crippen LogP) is 0.587. The van der Waals surface area contributed by atoms with Gasteiger partial charge < -0.3 is 11.1 Å². The van der Waals surface area contributed by atoms with E-state index >= 15 is 0 Å². The lowest BCUT2D eigenvalue weighted by atomic mass is 10.1. The largest absolute Gasteiger partial charge is 0.366 e. The van der Waals surface area contributed by atoms with Crippen molar-refractivity contribution in [3.63, 3.8) is 0 Å². The molecular formula is C9H9N3O. The molecular weight excluding hydrogens is 166 g/mol. The molecule has 0 saturated carbocycles. The van der Waals surface area contributed by atoms with Gasteiger partial charge in [-0.1, -0.05) is 0 Å². The zero-order valence-corrected chi connectivity index (χ0v) is 6.95. The quantitative estimate of drug-likeness (QED) is 0.655. The highest BCUT2D eigenvalue weighted by molar-refractivity contribution is 5.97. The lowest BCUT2D eigenvalue weighted by Gasteiger charge is -2.12. The Labute approximate surface area is 75.5 Å². The Morgan fingerprint density at radius 3 is 3.15 bits per heavy atom. The molecule has 1 amide bonds. The molecule has 0 radical (unpaired) electrons. The van der Waals surface area contributed by atoms with Gasteiger partial charge in [-0.05, 0) is 18.2 Å². The Bertz CT molecular complexity index is 384. The third-order valence-corrected chi connectivity index (χ3v) is 1.93. The van der Waals surface area contributed by atoms with Crippen molar-refractivity contribution >= 4 is 17.8 Å². The van der Waals surface area contributed by atoms with E-state index in [-0.39, 0.29) is 0 Å². The molecule has 66 valence electrons. The van der Waals surface area contributed by atoms with Gasteiger partial charge in [-0.15, -0.1) is 0 Å². The van der Waals surface area contributed by atoms with Gasteiger partial charge in [0.25, 0.3) is 0 Å². The van der Waals surface area contributed by atoms with Gasteiger partial charge in [0.05, 0.1) is 0 Å². The summed E-state index contributed by atoms with van der Waals surface area (Å²) in [5.41, 5.74) is 7.54. The van der Waals surface area contributed by atoms with Crippen LogP contribution < -0.4 is 11.1 Å². The summed E-state index contributed by atoms with van der Waals surface area (Å²) in [7, 11) is 0. The molecule has 1 aromatic carbocycles. The first-order chi connectivity index (χ1) is 6.27. The number of carbonyl (C=O) groups excluding carboxylic acids is 1. The first kappa shape index (κ1) is 7.79. The van der Waals surface area contributed by atoms with Crippen molar-refractivity contribution < 1.29 is 4.79 Å². The summed E-state index contributed by atoms with van der Waals surface area (Å²) in [6.07, 6.45) is 1.73. The molecule has 13 heavy (non-hydrogen) atoms. The van der Waals surface area contributed by atoms with Crippen LogP contribution in [0, 0.1) is 0 Å². The van der Waals surface area contributed by atoms with Crippen LogP contribution in [-0.2, 0) is 0 Å². The van der Waals surface area contributed by atoms with Gasteiger partial charge >= 0.3 is 0 Å². The summed E-state index contributed by atoms with van der Waals surface area (Å²) in [6, 6.07) is 5.27. The molecule has 4 nitrogen and oxygen atoms in total. The van der Waals surface area contributed by atoms with Crippen LogP contribution in [0.2, 0.25) is 0 Å². The normalized spacial score (nSPS) is 13.2. The number of aliphatic imine (C=N–C) groups is 1. The molecule has 1 aromatic rings. The Morgan fingerprint density at radius 1 is 1.54 bits per heavy atom. The Kier molecular flexibility index (Phi) is 1.73. The third-order valence-electron chi connectivity index (χ3n) is 1.93. The molecule has 1 aliphatic heterocycles. The second-order valence-electron chi connectivity index (χ2n) is 2.81. The number of rotatable bonds is 1. The summed E-state index contributed by atoms with van der Waals surface area (Å²) in [5.74, 6) is -0.415. The topological polar surface area (TPSA) is 67.5 Å². The molecule has 2 rings (SSSR count). The van der Waals surface area contributed by atoms with Gasteiger partial charge in [0.15, 0.2) is 0 Å². The van der Waals surface area contributed by atoms with Gasteiger partial charge in [0.1, 0.15) is 6.67 Å². The molecule has 0 fully saturated rings. The second-order valence-corrected chi connectivity index (χ2v) is 2.81. The van der Waals surface area contributed by atoms with Crippen molar-refractivity contribution in [3.8, 4) is 0 Å². The number of hydrogen-bond donors (Lipinski definition) is 2. The predicted molar refractivity (Wildman–Crippen MR) is 51.0 cm³/mol. The minimum atomic E-state index is -0.415. The van der Waals surface area contributed by atoms with Crippen LogP contribution >= 0.6 is 0 Å². The highest BCUT2D eigenvalue weighted by atomic mass is 16.1. The molecule has 0 bridgehead atoms. The molecule has 0 aliphatic carbocycles. The maximum absolute atomic E-state index is 10.8. The van der Waals surface area contributed by atoms with E-state index in [4.69, 9.17) is 5.73 Å². The van der Waals surface area contributed by atoms with Crippen molar-refractivity contribution in [1.29, 1.82) is 0 Å². The SMILES string of the molecule is NC(=O)c1ccc2c(c1)C=NCN2. The summed E-state index contributed by atoms with van der Waals surface area (Å²) in [4.78, 5) is 14.9. The number of hydrogen-bond acceptors (Lipinski definition) is 3. The minimum Gasteiger partial charge on any atom is -0.366 e. The molecule has 3 N–H and O–H groups in total. The third kappa shape index (κ3) is 1.38. The summed E-state index contributed by atoms with van der Waals surface area (Å²) >= 11 is 0. The first-order valence-electron chi connectivity index (χ1n) is 3.95. The monoisotopic (exact) mass is 175 g/mol. The van der Waals surface area contributed by atoms with Crippen molar-refractivity contribution in [2.24, 2.45) is 10.7 Å². The number of fused-ring (bicyclic) bond motifs is 1. The smallest absolute Gasteiger partial charge is 0.248 e. The van der Waals surface area contributed by atoms with E-state index in [1.165, 1.54) is 0 Å². The van der Waals surface area contributed by atoms with E-state index in [9.17, 15) is 4.79 Å². The van der Waals surface area contributed by atoms with E-state index in [0.717, 1.165) is 11.3 Å². The van der Waals surface area contributed by atoms with Crippen LogP contribution in [0.25, 0.3) is 0 Å². The van der Waals surface area contributed by atoms with Crippen LogP contribution in [0.3, 0.4) is 0 Å². The summed E-state index contributed by atoms with van der Waals surface area (Å²) in [5, 5.41) is 3.08. The van der Waals surface area contributed by atoms with Crippen LogP contribution in [0.1, 0.15) is 15.9 Å². The number of nitrogens with one attached hydrogen (secondary N) is 1. The summed E-state index contributed by atoms with van der Waals surface area (Å²) < 4.78 is 0. The van der Waals surface area contributed by atoms with Gasteiger partial charge in [-0.3, -0.25) is 9.79 Å². The Morgan fingerprint density at radius 2 is 2.38 bits per heavy atom. The average molecular weight is 175 g/mol. The minimum absolute atomic E-state index is 0.415. The van der Waals surface area contributed by atoms with Crippen LogP contribution in [0.5, 0.6) is 0 Å². The summed E-state index contributed by atoms with van der Waals surface area (Å²) in [6.45, 7) is 0.586. The Balaban J connectivity index is 2.48. The maximum atomic E-state index is 10.8. The highest BCUT2D eigenvalue weighted by Gasteiger charge is 2.07. The highest BCUT2D eigenvalue weighted by Crippen LogP contribution is 2.17. The molecule has 1 aliphatic rings. The molecule has 0 spiro atoms. The second kappa shape index (κ2) is 2.90. The first-order valence-corrected chi connectivity index (χ1v) is 3.95. The standard InChI is InChI=1S/C9H9N3O/c10-9(13)6-1-2-8-7(3-6)4-11-5-12-8/h1-4,12H,5H2,(H2,10,13). The number of primary amides is 1. The van der Waals surface area contributed by atoms with Crippen LogP contribution in [0.4, 0.5) is 5.69 Å². The molecule has 1 heterocycles. The average Bonchev–Trinajstić information content (AvgIpc) is 2.17. The van der Waals surface area contributed by atoms with E-state index < -0.39 is 5.91 Å². The fraction of sp³-hybridized carbons (Fsp3) is 0.111. The lowest BCUT2D eigenvalue weighted by Crippen LogP contribution is -2.13. The number of anilines is 1. The van der Waals surface area contributed by atoms with Crippen molar-refractivity contribution in [2.45, 2.75) is 0 Å². The number of nitrogens with two attached hydrogens (primary N) is 1. The number of benzene rings is 1. The van der Waals surface area contributed by atoms with Crippen molar-refractivity contribution in [2.75, 3.05) is 12.0 Å². The number of amides is 1. The van der Waals surface area contributed by atoms with Crippen molar-refractivity contribution in [1.82, 2.24) is 0 Å². The molecule has 0 unspecified atom stereocenters. The van der Waals surface area contributed by atoms with E-state index in [1.54, 1.807) is 18.3 Å². The molecule has 4 heteroatoms. The lowest BCUT2D eigenvalue weighted by molar-refractivity contribution is 0.100. The number of nitrogens with zero attached hydrogens (tertiary/aromatic N) is 1. The van der Waals surface area contributed by atoms with E-state index in [1.807, 2.05) is 6.07 Å². The fourth-order valence-corrected chi connectivity index (χ4v) is 1.26. The fourth-order valence-electron chi connectivity index (χ4n) is 1.26. The molecule has 0 aromatic heterocycles. The van der Waals surface area contributed by atoms with E-state index in [2.05, 4.69) is 10.3 Å². The zero-order valence-electron chi connectivity index (χ0n) is 6.95. The van der Waals surface area contributed by atoms with Crippen LogP contribution in [-0.4, -0.2) is 18.8 Å². The molecule has 0 saturated heterocycles. The van der Waals surface area contributed by atoms with Crippen LogP contribution in [0.15, 0.2) is 23.2 Å². The maximum Gasteiger partial charge on any atom is 0.248 e. The van der Waals surface area contributed by atoms with Crippen molar-refractivity contribution in [3.05, 3.63) is 29.3 Å². The molecule has 0 atom stereocenters. The van der Waals surface area contributed by atoms with Gasteiger partial charge in [0, 0.05) is 23.0 Å². The zero-order chi connectivity index (χ0) is 9.26. The Hall–Kier alpha value is -1.84. The van der Waals surface area contributed by atoms with Gasteiger partial charge in [-0.25, -0.2) is 0 Å². The number of carbonyl (C=O) groups is 1. The van der Waals surface area contributed by atoms with Gasteiger partial charge in [0.2, 0.25) is 5.91 Å². The van der Waals surface area contributed by atoms with E-state index in [0.29, 0.717) is 12.2 Å². The van der Waals surface area contributed by atoms with Gasteiger partial charge in [-0.2, -0.15) is 0 Å².